The highest BCUT2D eigenvalue weighted by Gasteiger charge is 2.18. The van der Waals surface area contributed by atoms with Gasteiger partial charge in [0.1, 0.15) is 0 Å². The summed E-state index contributed by atoms with van der Waals surface area (Å²) >= 11 is 2.05. The summed E-state index contributed by atoms with van der Waals surface area (Å²) in [5.74, 6) is 6.67. The summed E-state index contributed by atoms with van der Waals surface area (Å²) in [5, 5.41) is 0.837. The molecule has 2 rings (SSSR count). The largest absolute Gasteiger partial charge is 0.271 e. The molecule has 0 saturated heterocycles. The molecule has 1 heterocycles. The fraction of sp³-hybridized carbons (Fsp3) is 0.615. The van der Waals surface area contributed by atoms with Gasteiger partial charge in [-0.2, -0.15) is 11.8 Å². The van der Waals surface area contributed by atoms with Crippen LogP contribution in [0.3, 0.4) is 0 Å². The molecule has 1 unspecified atom stereocenters. The van der Waals surface area contributed by atoms with E-state index in [-0.39, 0.29) is 6.04 Å². The van der Waals surface area contributed by atoms with Gasteiger partial charge >= 0.3 is 0 Å². The minimum atomic E-state index is 0.216. The molecule has 3 N–H and O–H groups in total. The van der Waals surface area contributed by atoms with Crippen LogP contribution in [0, 0.1) is 6.92 Å². The zero-order valence-electron chi connectivity index (χ0n) is 10.4. The molecule has 0 aliphatic heterocycles. The summed E-state index contributed by atoms with van der Waals surface area (Å²) in [6.07, 6.45) is 7.45. The minimum Gasteiger partial charge on any atom is -0.271 e. The fourth-order valence-electron chi connectivity index (χ4n) is 2.21. The van der Waals surface area contributed by atoms with E-state index in [0.29, 0.717) is 0 Å². The monoisotopic (exact) mass is 251 g/mol. The predicted molar refractivity (Wildman–Crippen MR) is 73.8 cm³/mol. The van der Waals surface area contributed by atoms with Crippen molar-refractivity contribution in [1.29, 1.82) is 0 Å². The standard InChI is InChI=1S/C13H21N3S/c1-10-6-7-11(8-15-10)13(16-14)9-17-12-4-2-3-5-12/h6-8,12-13,16H,2-5,9,14H2,1H3. The van der Waals surface area contributed by atoms with Crippen molar-refractivity contribution >= 4 is 11.8 Å². The Morgan fingerprint density at radius 1 is 1.47 bits per heavy atom. The Kier molecular flexibility index (Phi) is 4.83. The molecule has 1 saturated carbocycles. The molecule has 0 radical (unpaired) electrons. The molecule has 1 aromatic rings. The van der Waals surface area contributed by atoms with Crippen molar-refractivity contribution in [1.82, 2.24) is 10.4 Å². The van der Waals surface area contributed by atoms with E-state index in [0.717, 1.165) is 16.7 Å². The van der Waals surface area contributed by atoms with Crippen LogP contribution in [0.1, 0.15) is 43.0 Å². The average molecular weight is 251 g/mol. The van der Waals surface area contributed by atoms with Gasteiger partial charge in [-0.1, -0.05) is 18.9 Å². The van der Waals surface area contributed by atoms with Crippen LogP contribution in [0.25, 0.3) is 0 Å². The van der Waals surface area contributed by atoms with E-state index in [9.17, 15) is 0 Å². The fourth-order valence-corrected chi connectivity index (χ4v) is 3.63. The Morgan fingerprint density at radius 2 is 2.24 bits per heavy atom. The van der Waals surface area contributed by atoms with Crippen molar-refractivity contribution in [2.45, 2.75) is 43.9 Å². The molecule has 0 amide bonds. The third-order valence-electron chi connectivity index (χ3n) is 3.34. The Morgan fingerprint density at radius 3 is 2.82 bits per heavy atom. The van der Waals surface area contributed by atoms with Gasteiger partial charge < -0.3 is 0 Å². The molecular formula is C13H21N3S. The molecule has 94 valence electrons. The van der Waals surface area contributed by atoms with Gasteiger partial charge in [0.2, 0.25) is 0 Å². The Labute approximate surface area is 108 Å². The first-order chi connectivity index (χ1) is 8.29. The van der Waals surface area contributed by atoms with E-state index >= 15 is 0 Å². The van der Waals surface area contributed by atoms with Crippen LogP contribution in [0.4, 0.5) is 0 Å². The molecule has 1 aliphatic carbocycles. The zero-order chi connectivity index (χ0) is 12.1. The van der Waals surface area contributed by atoms with Gasteiger partial charge in [-0.15, -0.1) is 0 Å². The second kappa shape index (κ2) is 6.38. The number of nitrogens with zero attached hydrogens (tertiary/aromatic N) is 1. The molecule has 1 aliphatic rings. The van der Waals surface area contributed by atoms with Crippen LogP contribution in [-0.2, 0) is 0 Å². The maximum Gasteiger partial charge on any atom is 0.0565 e. The summed E-state index contributed by atoms with van der Waals surface area (Å²) < 4.78 is 0. The summed E-state index contributed by atoms with van der Waals surface area (Å²) in [6.45, 7) is 2.00. The number of pyridine rings is 1. The lowest BCUT2D eigenvalue weighted by Gasteiger charge is -2.18. The van der Waals surface area contributed by atoms with Crippen LogP contribution in [-0.4, -0.2) is 16.0 Å². The van der Waals surface area contributed by atoms with Crippen molar-refractivity contribution in [2.24, 2.45) is 5.84 Å². The van der Waals surface area contributed by atoms with Crippen molar-refractivity contribution in [3.8, 4) is 0 Å². The number of rotatable bonds is 5. The topological polar surface area (TPSA) is 50.9 Å². The van der Waals surface area contributed by atoms with Crippen LogP contribution in [0.2, 0.25) is 0 Å². The smallest absolute Gasteiger partial charge is 0.0565 e. The van der Waals surface area contributed by atoms with Crippen molar-refractivity contribution in [2.75, 3.05) is 5.75 Å². The van der Waals surface area contributed by atoms with Crippen LogP contribution >= 0.6 is 11.8 Å². The molecule has 0 aromatic carbocycles. The van der Waals surface area contributed by atoms with E-state index in [4.69, 9.17) is 5.84 Å². The van der Waals surface area contributed by atoms with E-state index in [1.54, 1.807) is 0 Å². The summed E-state index contributed by atoms with van der Waals surface area (Å²) in [7, 11) is 0. The number of nitrogens with two attached hydrogens (primary N) is 1. The number of hydrogen-bond donors (Lipinski definition) is 2. The quantitative estimate of drug-likeness (QED) is 0.624. The molecule has 1 atom stereocenters. The normalized spacial score (nSPS) is 18.5. The van der Waals surface area contributed by atoms with Gasteiger partial charge in [-0.3, -0.25) is 16.3 Å². The third kappa shape index (κ3) is 3.69. The maximum absolute atomic E-state index is 5.64. The van der Waals surface area contributed by atoms with Gasteiger partial charge in [0.05, 0.1) is 6.04 Å². The number of thioether (sulfide) groups is 1. The highest BCUT2D eigenvalue weighted by molar-refractivity contribution is 7.99. The average Bonchev–Trinajstić information content (AvgIpc) is 2.85. The number of hydrogen-bond acceptors (Lipinski definition) is 4. The molecule has 17 heavy (non-hydrogen) atoms. The van der Waals surface area contributed by atoms with E-state index < -0.39 is 0 Å². The number of nitrogens with one attached hydrogen (secondary N) is 1. The van der Waals surface area contributed by atoms with Crippen LogP contribution in [0.15, 0.2) is 18.3 Å². The zero-order valence-corrected chi connectivity index (χ0v) is 11.2. The predicted octanol–water partition coefficient (Wildman–Crippen LogP) is 2.57. The van der Waals surface area contributed by atoms with Crippen molar-refractivity contribution < 1.29 is 0 Å². The lowest BCUT2D eigenvalue weighted by molar-refractivity contribution is 0.607. The van der Waals surface area contributed by atoms with Gasteiger partial charge in [0.25, 0.3) is 0 Å². The van der Waals surface area contributed by atoms with Gasteiger partial charge in [0, 0.05) is 22.9 Å². The molecule has 3 nitrogen and oxygen atoms in total. The molecule has 0 spiro atoms. The number of hydrazine groups is 1. The van der Waals surface area contributed by atoms with Crippen LogP contribution < -0.4 is 11.3 Å². The first kappa shape index (κ1) is 12.9. The second-order valence-corrected chi connectivity index (χ2v) is 6.03. The van der Waals surface area contributed by atoms with Gasteiger partial charge in [0.15, 0.2) is 0 Å². The molecule has 0 bridgehead atoms. The summed E-state index contributed by atoms with van der Waals surface area (Å²) in [5.41, 5.74) is 5.13. The lowest BCUT2D eigenvalue weighted by Crippen LogP contribution is -2.30. The third-order valence-corrected chi connectivity index (χ3v) is 4.81. The first-order valence-electron chi connectivity index (χ1n) is 6.30. The number of aryl methyl sites for hydroxylation is 1. The second-order valence-electron chi connectivity index (χ2n) is 4.69. The van der Waals surface area contributed by atoms with Gasteiger partial charge in [-0.05, 0) is 31.4 Å². The highest BCUT2D eigenvalue weighted by atomic mass is 32.2. The molecule has 1 aromatic heterocycles. The van der Waals surface area contributed by atoms with Gasteiger partial charge in [-0.25, -0.2) is 0 Å². The lowest BCUT2D eigenvalue weighted by atomic mass is 10.1. The maximum atomic E-state index is 5.64. The molecule has 1 fully saturated rings. The Balaban J connectivity index is 1.89. The van der Waals surface area contributed by atoms with Crippen LogP contribution in [0.5, 0.6) is 0 Å². The first-order valence-corrected chi connectivity index (χ1v) is 7.35. The SMILES string of the molecule is Cc1ccc(C(CSC2CCCC2)NN)cn1. The van der Waals surface area contributed by atoms with Crippen molar-refractivity contribution in [3.63, 3.8) is 0 Å². The highest BCUT2D eigenvalue weighted by Crippen LogP contribution is 2.31. The Hall–Kier alpha value is -0.580. The van der Waals surface area contributed by atoms with E-state index in [1.807, 2.05) is 30.9 Å². The van der Waals surface area contributed by atoms with E-state index in [1.165, 1.54) is 31.2 Å². The Bertz CT molecular complexity index is 333. The number of aromatic nitrogens is 1. The summed E-state index contributed by atoms with van der Waals surface area (Å²) in [6, 6.07) is 4.37. The van der Waals surface area contributed by atoms with E-state index in [2.05, 4.69) is 16.5 Å². The minimum absolute atomic E-state index is 0.216. The molecule has 4 heteroatoms. The van der Waals surface area contributed by atoms with Crippen molar-refractivity contribution in [3.05, 3.63) is 29.6 Å². The summed E-state index contributed by atoms with van der Waals surface area (Å²) in [4.78, 5) is 4.32. The molecular weight excluding hydrogens is 230 g/mol.